The Morgan fingerprint density at radius 2 is 0.963 bits per heavy atom. The summed E-state index contributed by atoms with van der Waals surface area (Å²) < 4.78 is 9.03. The summed E-state index contributed by atoms with van der Waals surface area (Å²) in [7, 11) is 0. The van der Waals surface area contributed by atoms with Gasteiger partial charge in [-0.05, 0) is 52.2 Å². The minimum atomic E-state index is 0.582. The first kappa shape index (κ1) is 30.3. The molecule has 3 heterocycles. The van der Waals surface area contributed by atoms with Gasteiger partial charge in [0.1, 0.15) is 11.2 Å². The van der Waals surface area contributed by atoms with E-state index >= 15 is 0 Å². The van der Waals surface area contributed by atoms with Crippen molar-refractivity contribution in [2.24, 2.45) is 0 Å². The van der Waals surface area contributed by atoms with Crippen LogP contribution in [0.2, 0.25) is 0 Å². The van der Waals surface area contributed by atoms with E-state index in [9.17, 15) is 0 Å². The van der Waals surface area contributed by atoms with Gasteiger partial charge in [-0.25, -0.2) is 15.0 Å². The maximum absolute atomic E-state index is 6.67. The van der Waals surface area contributed by atoms with Gasteiger partial charge in [0.15, 0.2) is 17.5 Å². The Morgan fingerprint density at radius 1 is 0.370 bits per heavy atom. The second kappa shape index (κ2) is 12.1. The van der Waals surface area contributed by atoms with Gasteiger partial charge in [0.25, 0.3) is 0 Å². The Labute approximate surface area is 310 Å². The average molecular weight is 691 g/mol. The Bertz CT molecular complexity index is 3140. The molecule has 0 saturated carbocycles. The molecule has 0 N–H and O–H groups in total. The number of hydrogen-bond donors (Lipinski definition) is 0. The third-order valence-electron chi connectivity index (χ3n) is 10.4. The van der Waals surface area contributed by atoms with Gasteiger partial charge in [-0.1, -0.05) is 146 Å². The van der Waals surface area contributed by atoms with Crippen molar-refractivity contribution in [2.75, 3.05) is 0 Å². The van der Waals surface area contributed by atoms with E-state index in [1.807, 2.05) is 72.8 Å². The summed E-state index contributed by atoms with van der Waals surface area (Å²) in [5.41, 5.74) is 9.84. The van der Waals surface area contributed by atoms with Crippen molar-refractivity contribution >= 4 is 54.5 Å². The van der Waals surface area contributed by atoms with Gasteiger partial charge in [0.05, 0.1) is 16.7 Å². The highest BCUT2D eigenvalue weighted by molar-refractivity contribution is 6.22. The topological polar surface area (TPSA) is 56.7 Å². The standard InChI is InChI=1S/C49H30N4O/c1-4-14-31(15-5-1)35-25-26-41-39(28-35)45-37-21-11-10-16-32(37)24-27-42(45)53(41)36-29-40(46-38-22-12-13-23-43(38)54-44(46)30-36)49-51-47(33-17-6-2-7-18-33)50-48(52-49)34-19-8-3-9-20-34/h1-30H. The van der Waals surface area contributed by atoms with Gasteiger partial charge in [0.2, 0.25) is 0 Å². The quantitative estimate of drug-likeness (QED) is 0.180. The Kier molecular flexibility index (Phi) is 6.79. The fraction of sp³-hybridized carbons (Fsp3) is 0. The molecule has 252 valence electrons. The first-order chi connectivity index (χ1) is 26.8. The smallest absolute Gasteiger partial charge is 0.164 e. The van der Waals surface area contributed by atoms with Crippen molar-refractivity contribution in [2.45, 2.75) is 0 Å². The zero-order valence-electron chi connectivity index (χ0n) is 29.0. The first-order valence-corrected chi connectivity index (χ1v) is 18.1. The second-order valence-corrected chi connectivity index (χ2v) is 13.6. The predicted octanol–water partition coefficient (Wildman–Crippen LogP) is 12.7. The Balaban J connectivity index is 1.24. The molecule has 11 rings (SSSR count). The minimum absolute atomic E-state index is 0.582. The van der Waals surface area contributed by atoms with Crippen LogP contribution < -0.4 is 0 Å². The molecule has 0 aliphatic rings. The van der Waals surface area contributed by atoms with Crippen LogP contribution in [0.5, 0.6) is 0 Å². The van der Waals surface area contributed by atoms with Gasteiger partial charge in [-0.3, -0.25) is 0 Å². The monoisotopic (exact) mass is 690 g/mol. The summed E-state index contributed by atoms with van der Waals surface area (Å²) in [6.45, 7) is 0. The maximum Gasteiger partial charge on any atom is 0.164 e. The zero-order chi connectivity index (χ0) is 35.6. The van der Waals surface area contributed by atoms with Crippen molar-refractivity contribution in [3.8, 4) is 51.0 Å². The normalized spacial score (nSPS) is 11.7. The van der Waals surface area contributed by atoms with Crippen LogP contribution in [-0.4, -0.2) is 19.5 Å². The highest BCUT2D eigenvalue weighted by Gasteiger charge is 2.22. The molecule has 5 nitrogen and oxygen atoms in total. The molecule has 0 aliphatic carbocycles. The lowest BCUT2D eigenvalue weighted by atomic mass is 10.0. The fourth-order valence-electron chi connectivity index (χ4n) is 7.95. The highest BCUT2D eigenvalue weighted by atomic mass is 16.3. The Hall–Kier alpha value is -7.37. The van der Waals surface area contributed by atoms with E-state index in [-0.39, 0.29) is 0 Å². The largest absolute Gasteiger partial charge is 0.456 e. The zero-order valence-corrected chi connectivity index (χ0v) is 29.0. The summed E-state index contributed by atoms with van der Waals surface area (Å²) >= 11 is 0. The average Bonchev–Trinajstić information content (AvgIpc) is 3.80. The number of fused-ring (bicyclic) bond motifs is 8. The van der Waals surface area contributed by atoms with Crippen molar-refractivity contribution in [3.05, 3.63) is 182 Å². The van der Waals surface area contributed by atoms with Gasteiger partial charge < -0.3 is 8.98 Å². The van der Waals surface area contributed by atoms with Crippen LogP contribution >= 0.6 is 0 Å². The summed E-state index contributed by atoms with van der Waals surface area (Å²) in [6, 6.07) is 63.3. The molecular weight excluding hydrogens is 661 g/mol. The molecule has 0 amide bonds. The van der Waals surface area contributed by atoms with Crippen molar-refractivity contribution in [1.82, 2.24) is 19.5 Å². The van der Waals surface area contributed by atoms with E-state index in [1.54, 1.807) is 0 Å². The number of nitrogens with zero attached hydrogens (tertiary/aromatic N) is 4. The van der Waals surface area contributed by atoms with Crippen molar-refractivity contribution in [3.63, 3.8) is 0 Å². The van der Waals surface area contributed by atoms with Crippen LogP contribution in [0.4, 0.5) is 0 Å². The van der Waals surface area contributed by atoms with Crippen LogP contribution in [-0.2, 0) is 0 Å². The van der Waals surface area contributed by atoms with E-state index in [0.717, 1.165) is 55.3 Å². The van der Waals surface area contributed by atoms with Crippen LogP contribution in [0.15, 0.2) is 186 Å². The molecule has 11 aromatic rings. The highest BCUT2D eigenvalue weighted by Crippen LogP contribution is 2.43. The van der Waals surface area contributed by atoms with Crippen LogP contribution in [0.25, 0.3) is 105 Å². The van der Waals surface area contributed by atoms with E-state index in [2.05, 4.69) is 114 Å². The van der Waals surface area contributed by atoms with Gasteiger partial charge in [-0.15, -0.1) is 0 Å². The van der Waals surface area contributed by atoms with Crippen molar-refractivity contribution in [1.29, 1.82) is 0 Å². The van der Waals surface area contributed by atoms with Gasteiger partial charge in [0, 0.05) is 44.3 Å². The van der Waals surface area contributed by atoms with E-state index < -0.39 is 0 Å². The molecule has 0 aliphatic heterocycles. The molecule has 0 bridgehead atoms. The SMILES string of the molecule is c1ccc(-c2ccc3c(c2)c2c4ccccc4ccc2n3-c2cc(-c3nc(-c4ccccc4)nc(-c4ccccc4)n3)c3c(c2)oc2ccccc23)cc1. The lowest BCUT2D eigenvalue weighted by Gasteiger charge is -2.13. The molecular formula is C49H30N4O. The number of aromatic nitrogens is 4. The Morgan fingerprint density at radius 3 is 1.69 bits per heavy atom. The van der Waals surface area contributed by atoms with E-state index in [0.29, 0.717) is 17.5 Å². The number of furan rings is 1. The van der Waals surface area contributed by atoms with Gasteiger partial charge >= 0.3 is 0 Å². The van der Waals surface area contributed by atoms with Gasteiger partial charge in [-0.2, -0.15) is 0 Å². The molecule has 0 spiro atoms. The predicted molar refractivity (Wildman–Crippen MR) is 221 cm³/mol. The van der Waals surface area contributed by atoms with Crippen LogP contribution in [0, 0.1) is 0 Å². The molecule has 5 heteroatoms. The summed E-state index contributed by atoms with van der Waals surface area (Å²) in [4.78, 5) is 15.4. The lowest BCUT2D eigenvalue weighted by Crippen LogP contribution is -2.01. The number of hydrogen-bond acceptors (Lipinski definition) is 4. The third-order valence-corrected chi connectivity index (χ3v) is 10.4. The molecule has 0 atom stereocenters. The molecule has 0 unspecified atom stereocenters. The van der Waals surface area contributed by atoms with Crippen LogP contribution in [0.1, 0.15) is 0 Å². The third kappa shape index (κ3) is 4.83. The molecule has 0 fully saturated rings. The second-order valence-electron chi connectivity index (χ2n) is 13.6. The molecule has 0 radical (unpaired) electrons. The maximum atomic E-state index is 6.67. The summed E-state index contributed by atoms with van der Waals surface area (Å²) in [5.74, 6) is 1.81. The summed E-state index contributed by atoms with van der Waals surface area (Å²) in [5, 5.41) is 6.80. The summed E-state index contributed by atoms with van der Waals surface area (Å²) in [6.07, 6.45) is 0. The minimum Gasteiger partial charge on any atom is -0.456 e. The number of benzene rings is 8. The van der Waals surface area contributed by atoms with E-state index in [4.69, 9.17) is 19.4 Å². The lowest BCUT2D eigenvalue weighted by molar-refractivity contribution is 0.668. The molecule has 54 heavy (non-hydrogen) atoms. The first-order valence-electron chi connectivity index (χ1n) is 18.1. The molecule has 0 saturated heterocycles. The number of para-hydroxylation sites is 1. The molecule has 3 aromatic heterocycles. The van der Waals surface area contributed by atoms with E-state index in [1.165, 1.54) is 32.7 Å². The molecule has 8 aromatic carbocycles. The fourth-order valence-corrected chi connectivity index (χ4v) is 7.95. The number of rotatable bonds is 5. The van der Waals surface area contributed by atoms with Crippen LogP contribution in [0.3, 0.4) is 0 Å². The van der Waals surface area contributed by atoms with Crippen molar-refractivity contribution < 1.29 is 4.42 Å².